The molecule has 2 aliphatic carbocycles. The summed E-state index contributed by atoms with van der Waals surface area (Å²) in [6.07, 6.45) is 8.35. The zero-order valence-electron chi connectivity index (χ0n) is 10.9. The Bertz CT molecular complexity index is 213. The van der Waals surface area contributed by atoms with Gasteiger partial charge in [0, 0.05) is 31.2 Å². The molecule has 0 bridgehead atoms. The summed E-state index contributed by atoms with van der Waals surface area (Å²) in [7, 11) is 4.47. The van der Waals surface area contributed by atoms with E-state index in [2.05, 4.69) is 23.9 Å². The monoisotopic (exact) mass is 225 g/mol. The highest BCUT2D eigenvalue weighted by Crippen LogP contribution is 2.34. The van der Waals surface area contributed by atoms with Crippen molar-refractivity contribution in [1.29, 1.82) is 0 Å². The van der Waals surface area contributed by atoms with Gasteiger partial charge >= 0.3 is 0 Å². The summed E-state index contributed by atoms with van der Waals surface area (Å²) in [6.45, 7) is 1.91. The van der Waals surface area contributed by atoms with E-state index in [1.165, 1.54) is 38.5 Å². The van der Waals surface area contributed by atoms with Crippen LogP contribution in [0.2, 0.25) is 0 Å². The molecule has 2 fully saturated rings. The molecule has 0 saturated heterocycles. The lowest BCUT2D eigenvalue weighted by molar-refractivity contribution is 0.0700. The lowest BCUT2D eigenvalue weighted by Gasteiger charge is -2.43. The third-order valence-electron chi connectivity index (χ3n) is 4.19. The van der Waals surface area contributed by atoms with E-state index in [1.807, 2.05) is 0 Å². The third kappa shape index (κ3) is 2.76. The minimum absolute atomic E-state index is 0.751. The van der Waals surface area contributed by atoms with Gasteiger partial charge in [-0.15, -0.1) is 0 Å². The number of rotatable bonds is 5. The van der Waals surface area contributed by atoms with Gasteiger partial charge in [0.05, 0.1) is 0 Å². The van der Waals surface area contributed by atoms with Crippen molar-refractivity contribution in [3.8, 4) is 0 Å². The van der Waals surface area contributed by atoms with E-state index in [4.69, 9.17) is 5.73 Å². The van der Waals surface area contributed by atoms with E-state index in [1.54, 1.807) is 0 Å². The third-order valence-corrected chi connectivity index (χ3v) is 4.19. The molecule has 2 unspecified atom stereocenters. The van der Waals surface area contributed by atoms with Crippen molar-refractivity contribution in [3.63, 3.8) is 0 Å². The number of nitrogens with zero attached hydrogens (tertiary/aromatic N) is 2. The van der Waals surface area contributed by atoms with E-state index < -0.39 is 0 Å². The summed E-state index contributed by atoms with van der Waals surface area (Å²) in [5.41, 5.74) is 5.77. The Labute approximate surface area is 100.0 Å². The first kappa shape index (κ1) is 12.3. The van der Waals surface area contributed by atoms with Gasteiger partial charge in [0.25, 0.3) is 0 Å². The zero-order chi connectivity index (χ0) is 11.5. The van der Waals surface area contributed by atoms with Crippen LogP contribution in [0.3, 0.4) is 0 Å². The molecule has 3 heteroatoms. The first-order valence-electron chi connectivity index (χ1n) is 6.86. The second-order valence-corrected chi connectivity index (χ2v) is 5.64. The summed E-state index contributed by atoms with van der Waals surface area (Å²) in [6, 6.07) is 2.37. The molecule has 0 aliphatic heterocycles. The lowest BCUT2D eigenvalue weighted by Crippen LogP contribution is -2.53. The van der Waals surface area contributed by atoms with Gasteiger partial charge in [-0.3, -0.25) is 4.90 Å². The summed E-state index contributed by atoms with van der Waals surface area (Å²) < 4.78 is 0. The summed E-state index contributed by atoms with van der Waals surface area (Å²) in [5.74, 6) is 0. The predicted octanol–water partition coefficient (Wildman–Crippen LogP) is 1.28. The second kappa shape index (κ2) is 5.48. The fraction of sp³-hybridized carbons (Fsp3) is 1.00. The molecule has 2 saturated carbocycles. The van der Waals surface area contributed by atoms with Crippen molar-refractivity contribution < 1.29 is 0 Å². The number of likely N-dealkylation sites (N-methyl/N-ethyl adjacent to an activating group) is 1. The summed E-state index contributed by atoms with van der Waals surface area (Å²) in [5, 5.41) is 0. The Morgan fingerprint density at radius 1 is 1.00 bits per heavy atom. The Kier molecular flexibility index (Phi) is 4.22. The molecule has 94 valence electrons. The van der Waals surface area contributed by atoms with Gasteiger partial charge in [-0.05, 0) is 39.8 Å². The molecule has 2 N–H and O–H groups in total. The van der Waals surface area contributed by atoms with Crippen molar-refractivity contribution in [2.45, 2.75) is 56.7 Å². The molecule has 2 rings (SSSR count). The Balaban J connectivity index is 2.01. The molecular formula is C13H27N3. The molecule has 0 radical (unpaired) electrons. The van der Waals surface area contributed by atoms with Crippen molar-refractivity contribution in [2.24, 2.45) is 5.73 Å². The maximum atomic E-state index is 5.77. The first-order valence-corrected chi connectivity index (χ1v) is 6.86. The van der Waals surface area contributed by atoms with Crippen LogP contribution in [0.4, 0.5) is 0 Å². The molecule has 0 aromatic heterocycles. The van der Waals surface area contributed by atoms with Crippen LogP contribution in [0.1, 0.15) is 38.5 Å². The van der Waals surface area contributed by atoms with Gasteiger partial charge in [0.2, 0.25) is 0 Å². The van der Waals surface area contributed by atoms with Crippen LogP contribution in [0.5, 0.6) is 0 Å². The molecule has 16 heavy (non-hydrogen) atoms. The van der Waals surface area contributed by atoms with Crippen molar-refractivity contribution >= 4 is 0 Å². The Morgan fingerprint density at radius 2 is 1.62 bits per heavy atom. The van der Waals surface area contributed by atoms with Crippen LogP contribution in [-0.4, -0.2) is 55.1 Å². The van der Waals surface area contributed by atoms with E-state index in [-0.39, 0.29) is 0 Å². The van der Waals surface area contributed by atoms with Crippen LogP contribution >= 0.6 is 0 Å². The largest absolute Gasteiger partial charge is 0.329 e. The maximum Gasteiger partial charge on any atom is 0.0254 e. The first-order chi connectivity index (χ1) is 7.74. The normalized spacial score (nSPS) is 31.3. The highest BCUT2D eigenvalue weighted by Gasteiger charge is 2.38. The predicted molar refractivity (Wildman–Crippen MR) is 68.5 cm³/mol. The number of hydrogen-bond acceptors (Lipinski definition) is 3. The van der Waals surface area contributed by atoms with Crippen molar-refractivity contribution in [2.75, 3.05) is 27.2 Å². The van der Waals surface area contributed by atoms with Crippen molar-refractivity contribution in [1.82, 2.24) is 9.80 Å². The molecule has 3 nitrogen and oxygen atoms in total. The standard InChI is InChI=1S/C13H27N3/c1-15(2)12-5-3-4-6-13(12)16(10-9-14)11-7-8-11/h11-13H,3-10,14H2,1-2H3. The lowest BCUT2D eigenvalue weighted by atomic mass is 9.88. The van der Waals surface area contributed by atoms with Gasteiger partial charge in [-0.1, -0.05) is 12.8 Å². The minimum Gasteiger partial charge on any atom is -0.329 e. The molecule has 0 heterocycles. The fourth-order valence-corrected chi connectivity index (χ4v) is 3.26. The van der Waals surface area contributed by atoms with Gasteiger partial charge in [0.15, 0.2) is 0 Å². The Morgan fingerprint density at radius 3 is 2.12 bits per heavy atom. The highest BCUT2D eigenvalue weighted by molar-refractivity contribution is 4.95. The van der Waals surface area contributed by atoms with Crippen LogP contribution < -0.4 is 5.73 Å². The van der Waals surface area contributed by atoms with Gasteiger partial charge in [-0.2, -0.15) is 0 Å². The molecule has 0 aromatic rings. The average Bonchev–Trinajstić information content (AvgIpc) is 3.10. The molecule has 2 aliphatic rings. The SMILES string of the molecule is CN(C)C1CCCCC1N(CCN)C1CC1. The Hall–Kier alpha value is -0.120. The second-order valence-electron chi connectivity index (χ2n) is 5.64. The van der Waals surface area contributed by atoms with Crippen LogP contribution in [0.15, 0.2) is 0 Å². The van der Waals surface area contributed by atoms with Gasteiger partial charge < -0.3 is 10.6 Å². The van der Waals surface area contributed by atoms with Crippen LogP contribution in [0, 0.1) is 0 Å². The fourth-order valence-electron chi connectivity index (χ4n) is 3.26. The molecule has 2 atom stereocenters. The molecular weight excluding hydrogens is 198 g/mol. The van der Waals surface area contributed by atoms with Crippen LogP contribution in [0.25, 0.3) is 0 Å². The van der Waals surface area contributed by atoms with Crippen molar-refractivity contribution in [3.05, 3.63) is 0 Å². The average molecular weight is 225 g/mol. The van der Waals surface area contributed by atoms with E-state index in [9.17, 15) is 0 Å². The summed E-state index contributed by atoms with van der Waals surface area (Å²) >= 11 is 0. The summed E-state index contributed by atoms with van der Waals surface area (Å²) in [4.78, 5) is 5.14. The quantitative estimate of drug-likeness (QED) is 0.765. The van der Waals surface area contributed by atoms with E-state index >= 15 is 0 Å². The molecule has 0 spiro atoms. The number of hydrogen-bond donors (Lipinski definition) is 1. The van der Waals surface area contributed by atoms with Gasteiger partial charge in [0.1, 0.15) is 0 Å². The highest BCUT2D eigenvalue weighted by atomic mass is 15.3. The van der Waals surface area contributed by atoms with Crippen LogP contribution in [-0.2, 0) is 0 Å². The molecule has 0 amide bonds. The smallest absolute Gasteiger partial charge is 0.0254 e. The van der Waals surface area contributed by atoms with E-state index in [0.29, 0.717) is 0 Å². The molecule has 0 aromatic carbocycles. The zero-order valence-corrected chi connectivity index (χ0v) is 10.9. The number of nitrogens with two attached hydrogens (primary N) is 1. The minimum atomic E-state index is 0.751. The topological polar surface area (TPSA) is 32.5 Å². The maximum absolute atomic E-state index is 5.77. The van der Waals surface area contributed by atoms with Gasteiger partial charge in [-0.25, -0.2) is 0 Å². The van der Waals surface area contributed by atoms with E-state index in [0.717, 1.165) is 31.2 Å².